The molecule has 0 spiro atoms. The van der Waals surface area contributed by atoms with Crippen molar-refractivity contribution in [2.75, 3.05) is 5.32 Å². The molecule has 5 nitrogen and oxygen atoms in total. The van der Waals surface area contributed by atoms with Crippen molar-refractivity contribution >= 4 is 28.1 Å². The second kappa shape index (κ2) is 6.48. The average Bonchev–Trinajstić information content (AvgIpc) is 3.14. The fourth-order valence-electron chi connectivity index (χ4n) is 3.12. The van der Waals surface area contributed by atoms with Gasteiger partial charge in [-0.1, -0.05) is 24.3 Å². The third-order valence-electron chi connectivity index (χ3n) is 4.36. The number of hydrogen-bond acceptors (Lipinski definition) is 2. The number of nitrogens with one attached hydrogen (secondary N) is 1. The van der Waals surface area contributed by atoms with Gasteiger partial charge in [0.25, 0.3) is 5.56 Å². The minimum atomic E-state index is -0.488. The zero-order chi connectivity index (χ0) is 18.1. The van der Waals surface area contributed by atoms with E-state index >= 15 is 0 Å². The van der Waals surface area contributed by atoms with Gasteiger partial charge in [-0.05, 0) is 36.4 Å². The highest BCUT2D eigenvalue weighted by atomic mass is 19.1. The molecule has 0 aliphatic carbocycles. The van der Waals surface area contributed by atoms with E-state index in [9.17, 15) is 14.0 Å². The molecule has 0 radical (unpaired) electrons. The third kappa shape index (κ3) is 2.75. The van der Waals surface area contributed by atoms with Crippen LogP contribution in [0.25, 0.3) is 16.6 Å². The van der Waals surface area contributed by atoms with Gasteiger partial charge in [0.05, 0.1) is 16.7 Å². The quantitative estimate of drug-likeness (QED) is 0.614. The number of nitrogens with zero attached hydrogens (tertiary/aromatic N) is 2. The van der Waals surface area contributed by atoms with E-state index in [1.165, 1.54) is 12.1 Å². The van der Waals surface area contributed by atoms with Crippen molar-refractivity contribution in [1.29, 1.82) is 0 Å². The summed E-state index contributed by atoms with van der Waals surface area (Å²) in [5, 5.41) is 2.55. The van der Waals surface area contributed by atoms with Crippen molar-refractivity contribution in [1.82, 2.24) is 8.97 Å². The monoisotopic (exact) mass is 349 g/mol. The molecule has 6 heteroatoms. The molecule has 0 aliphatic heterocycles. The van der Waals surface area contributed by atoms with E-state index in [-0.39, 0.29) is 30.1 Å². The molecular weight excluding hydrogens is 333 g/mol. The largest absolute Gasteiger partial charge is 0.324 e. The van der Waals surface area contributed by atoms with Crippen LogP contribution in [0.2, 0.25) is 0 Å². The number of aromatic nitrogens is 2. The predicted octanol–water partition coefficient (Wildman–Crippen LogP) is 3.42. The number of halogens is 1. The number of para-hydroxylation sites is 3. The van der Waals surface area contributed by atoms with E-state index in [2.05, 4.69) is 5.32 Å². The minimum absolute atomic E-state index is 0.0646. The second-order valence-corrected chi connectivity index (χ2v) is 5.99. The lowest BCUT2D eigenvalue weighted by atomic mass is 10.2. The van der Waals surface area contributed by atoms with Crippen molar-refractivity contribution in [2.24, 2.45) is 0 Å². The Morgan fingerprint density at radius 2 is 1.62 bits per heavy atom. The summed E-state index contributed by atoms with van der Waals surface area (Å²) < 4.78 is 17.1. The fourth-order valence-corrected chi connectivity index (χ4v) is 3.12. The van der Waals surface area contributed by atoms with E-state index in [0.29, 0.717) is 5.52 Å². The maximum absolute atomic E-state index is 13.7. The maximum atomic E-state index is 13.7. The van der Waals surface area contributed by atoms with Gasteiger partial charge in [-0.25, -0.2) is 4.39 Å². The molecule has 0 fully saturated rings. The molecule has 0 saturated carbocycles. The molecule has 0 unspecified atom stereocenters. The number of benzene rings is 2. The number of carbonyl (C=O) groups is 1. The molecule has 4 aromatic rings. The number of amides is 1. The van der Waals surface area contributed by atoms with Crippen LogP contribution in [-0.2, 0) is 11.3 Å². The number of carbonyl (C=O) groups excluding carboxylic acids is 1. The minimum Gasteiger partial charge on any atom is -0.324 e. The highest BCUT2D eigenvalue weighted by Gasteiger charge is 2.12. The number of fused-ring (bicyclic) bond motifs is 3. The standard InChI is InChI=1S/C20H16FN3O2/c21-14-6-1-2-7-15(14)22-19(25)11-13-24-17-9-4-3-8-16(17)23-12-5-10-18(23)20(24)26/h1-10,12H,11,13H2,(H,22,25). The topological polar surface area (TPSA) is 55.5 Å². The predicted molar refractivity (Wildman–Crippen MR) is 98.8 cm³/mol. The van der Waals surface area contributed by atoms with Gasteiger partial charge in [-0.15, -0.1) is 0 Å². The molecule has 0 aliphatic rings. The Hall–Kier alpha value is -3.41. The smallest absolute Gasteiger partial charge is 0.275 e. The molecule has 0 saturated heterocycles. The lowest BCUT2D eigenvalue weighted by Gasteiger charge is -2.12. The van der Waals surface area contributed by atoms with Gasteiger partial charge in [0.1, 0.15) is 11.3 Å². The zero-order valence-electron chi connectivity index (χ0n) is 13.9. The van der Waals surface area contributed by atoms with E-state index in [1.54, 1.807) is 22.8 Å². The second-order valence-electron chi connectivity index (χ2n) is 5.99. The highest BCUT2D eigenvalue weighted by molar-refractivity contribution is 5.91. The lowest BCUT2D eigenvalue weighted by molar-refractivity contribution is -0.116. The van der Waals surface area contributed by atoms with Crippen molar-refractivity contribution in [2.45, 2.75) is 13.0 Å². The first-order valence-corrected chi connectivity index (χ1v) is 8.28. The molecule has 2 heterocycles. The van der Waals surface area contributed by atoms with Crippen molar-refractivity contribution < 1.29 is 9.18 Å². The highest BCUT2D eigenvalue weighted by Crippen LogP contribution is 2.16. The first kappa shape index (κ1) is 16.1. The van der Waals surface area contributed by atoms with Crippen LogP contribution >= 0.6 is 0 Å². The van der Waals surface area contributed by atoms with Crippen LogP contribution in [0.1, 0.15) is 6.42 Å². The SMILES string of the molecule is O=C(CCn1c(=O)c2cccn2c2ccccc21)Nc1ccccc1F. The lowest BCUT2D eigenvalue weighted by Crippen LogP contribution is -2.25. The molecular formula is C20H16FN3O2. The van der Waals surface area contributed by atoms with Gasteiger partial charge in [-0.3, -0.25) is 9.59 Å². The normalized spacial score (nSPS) is 11.1. The van der Waals surface area contributed by atoms with Gasteiger partial charge in [0, 0.05) is 19.2 Å². The van der Waals surface area contributed by atoms with Crippen LogP contribution in [0.5, 0.6) is 0 Å². The number of rotatable bonds is 4. The molecule has 0 atom stereocenters. The van der Waals surface area contributed by atoms with Crippen molar-refractivity contribution in [3.8, 4) is 0 Å². The fraction of sp³-hybridized carbons (Fsp3) is 0.100. The Morgan fingerprint density at radius 3 is 2.42 bits per heavy atom. The van der Waals surface area contributed by atoms with Gasteiger partial charge in [-0.2, -0.15) is 0 Å². The Labute approximate surface area is 148 Å². The number of hydrogen-bond donors (Lipinski definition) is 1. The molecule has 0 bridgehead atoms. The average molecular weight is 349 g/mol. The summed E-state index contributed by atoms with van der Waals surface area (Å²) >= 11 is 0. The Kier molecular flexibility index (Phi) is 4.01. The van der Waals surface area contributed by atoms with Crippen LogP contribution in [0, 0.1) is 5.82 Å². The van der Waals surface area contributed by atoms with E-state index in [0.717, 1.165) is 11.0 Å². The summed E-state index contributed by atoms with van der Waals surface area (Å²) in [4.78, 5) is 25.0. The molecule has 130 valence electrons. The Bertz CT molecular complexity index is 1180. The Balaban J connectivity index is 1.64. The van der Waals surface area contributed by atoms with E-state index < -0.39 is 5.82 Å². The molecule has 2 aromatic heterocycles. The van der Waals surface area contributed by atoms with Crippen LogP contribution in [0.4, 0.5) is 10.1 Å². The van der Waals surface area contributed by atoms with Gasteiger partial charge < -0.3 is 14.3 Å². The molecule has 2 aromatic carbocycles. The first-order chi connectivity index (χ1) is 12.6. The maximum Gasteiger partial charge on any atom is 0.275 e. The third-order valence-corrected chi connectivity index (χ3v) is 4.36. The Morgan fingerprint density at radius 1 is 0.923 bits per heavy atom. The summed E-state index contributed by atoms with van der Waals surface area (Å²) in [5.41, 5.74) is 2.17. The van der Waals surface area contributed by atoms with Crippen LogP contribution in [0.15, 0.2) is 71.7 Å². The molecule has 1 N–H and O–H groups in total. The number of aryl methyl sites for hydroxylation is 1. The first-order valence-electron chi connectivity index (χ1n) is 8.28. The van der Waals surface area contributed by atoms with E-state index in [4.69, 9.17) is 0 Å². The molecule has 1 amide bonds. The zero-order valence-corrected chi connectivity index (χ0v) is 13.9. The van der Waals surface area contributed by atoms with E-state index in [1.807, 2.05) is 40.9 Å². The molecule has 4 rings (SSSR count). The van der Waals surface area contributed by atoms with Crippen molar-refractivity contribution in [3.63, 3.8) is 0 Å². The van der Waals surface area contributed by atoms with Crippen LogP contribution in [-0.4, -0.2) is 14.9 Å². The van der Waals surface area contributed by atoms with Gasteiger partial charge in [0.15, 0.2) is 0 Å². The van der Waals surface area contributed by atoms with Crippen LogP contribution < -0.4 is 10.9 Å². The summed E-state index contributed by atoms with van der Waals surface area (Å²) in [5.74, 6) is -0.834. The summed E-state index contributed by atoms with van der Waals surface area (Å²) in [6, 6.07) is 17.1. The summed E-state index contributed by atoms with van der Waals surface area (Å²) in [7, 11) is 0. The number of anilines is 1. The van der Waals surface area contributed by atoms with Gasteiger partial charge in [0.2, 0.25) is 5.91 Å². The summed E-state index contributed by atoms with van der Waals surface area (Å²) in [6.45, 7) is 0.210. The van der Waals surface area contributed by atoms with Crippen LogP contribution in [0.3, 0.4) is 0 Å². The van der Waals surface area contributed by atoms with Gasteiger partial charge >= 0.3 is 0 Å². The van der Waals surface area contributed by atoms with Crippen molar-refractivity contribution in [3.05, 3.63) is 83.0 Å². The molecule has 26 heavy (non-hydrogen) atoms. The summed E-state index contributed by atoms with van der Waals surface area (Å²) in [6.07, 6.45) is 1.91.